The molecule has 1 atom stereocenters. The maximum Gasteiger partial charge on any atom is 0.261 e. The van der Waals surface area contributed by atoms with Crippen molar-refractivity contribution >= 4 is 45.8 Å². The van der Waals surface area contributed by atoms with Crippen LogP contribution in [0.3, 0.4) is 0 Å². The van der Waals surface area contributed by atoms with Gasteiger partial charge >= 0.3 is 0 Å². The third-order valence-electron chi connectivity index (χ3n) is 7.96. The van der Waals surface area contributed by atoms with Gasteiger partial charge in [0, 0.05) is 64.1 Å². The van der Waals surface area contributed by atoms with Crippen LogP contribution in [0.25, 0.3) is 0 Å². The number of anilines is 6. The number of para-hydroxylation sites is 2. The van der Waals surface area contributed by atoms with E-state index in [9.17, 15) is 14.0 Å². The molecule has 2 aliphatic rings. The van der Waals surface area contributed by atoms with E-state index in [4.69, 9.17) is 4.74 Å². The molecule has 0 bridgehead atoms. The van der Waals surface area contributed by atoms with Crippen LogP contribution >= 0.6 is 0 Å². The molecule has 0 aliphatic carbocycles. The van der Waals surface area contributed by atoms with Gasteiger partial charge in [0.25, 0.3) is 11.3 Å². The zero-order valence-corrected chi connectivity index (χ0v) is 25.0. The minimum atomic E-state index is -2.22. The van der Waals surface area contributed by atoms with Crippen molar-refractivity contribution in [3.05, 3.63) is 54.2 Å². The molecule has 3 aromatic rings. The average Bonchev–Trinajstić information content (AvgIpc) is 3.02. The van der Waals surface area contributed by atoms with Gasteiger partial charge in [0.05, 0.1) is 30.4 Å². The van der Waals surface area contributed by atoms with Gasteiger partial charge < -0.3 is 25.2 Å². The molecule has 42 heavy (non-hydrogen) atoms. The Morgan fingerprint density at radius 1 is 1.07 bits per heavy atom. The highest BCUT2D eigenvalue weighted by Gasteiger charge is 2.27. The molecular formula is C29H37N9O3S. The van der Waals surface area contributed by atoms with Gasteiger partial charge in [-0.05, 0) is 44.2 Å². The third-order valence-corrected chi connectivity index (χ3v) is 8.62. The molecular weight excluding hydrogens is 554 g/mol. The molecule has 2 saturated heterocycles. The van der Waals surface area contributed by atoms with Crippen molar-refractivity contribution in [1.82, 2.24) is 19.8 Å². The predicted octanol–water partition coefficient (Wildman–Crippen LogP) is 3.63. The van der Waals surface area contributed by atoms with E-state index in [1.54, 1.807) is 31.4 Å². The van der Waals surface area contributed by atoms with Gasteiger partial charge in [0.15, 0.2) is 5.82 Å². The summed E-state index contributed by atoms with van der Waals surface area (Å²) in [5.74, 6) is 1.19. The number of aromatic nitrogens is 2. The van der Waals surface area contributed by atoms with E-state index in [1.807, 2.05) is 12.1 Å². The summed E-state index contributed by atoms with van der Waals surface area (Å²) in [5, 5.41) is 16.0. The molecule has 3 N–H and O–H groups in total. The van der Waals surface area contributed by atoms with Crippen LogP contribution in [-0.2, 0) is 11.3 Å². The average molecular weight is 592 g/mol. The van der Waals surface area contributed by atoms with E-state index in [0.717, 1.165) is 57.8 Å². The fourth-order valence-electron chi connectivity index (χ4n) is 5.46. The highest BCUT2D eigenvalue weighted by atomic mass is 32.2. The van der Waals surface area contributed by atoms with Crippen molar-refractivity contribution in [2.24, 2.45) is 0 Å². The van der Waals surface area contributed by atoms with Gasteiger partial charge in [-0.1, -0.05) is 12.1 Å². The molecule has 0 amide bonds. The number of benzene rings is 2. The number of methoxy groups -OCH3 is 1. The van der Waals surface area contributed by atoms with Crippen molar-refractivity contribution < 1.29 is 13.5 Å². The van der Waals surface area contributed by atoms with Gasteiger partial charge in [0.2, 0.25) is 5.95 Å². The zero-order chi connectivity index (χ0) is 29.6. The Balaban J connectivity index is 1.29. The van der Waals surface area contributed by atoms with Gasteiger partial charge in [0.1, 0.15) is 17.4 Å². The SMILES string of the molecule is COc1cc(N2CCC(N3CCN(C)CC3)CC2)ccc1Nc1ncc(C#N)c(Nc2ccccc2N(C)S(=O)O)n1. The monoisotopic (exact) mass is 591 g/mol. The van der Waals surface area contributed by atoms with Crippen molar-refractivity contribution in [3.63, 3.8) is 0 Å². The lowest BCUT2D eigenvalue weighted by Crippen LogP contribution is -2.52. The van der Waals surface area contributed by atoms with Crippen LogP contribution in [0.2, 0.25) is 0 Å². The number of ether oxygens (including phenoxy) is 1. The number of hydrogen-bond donors (Lipinski definition) is 3. The molecule has 1 aromatic heterocycles. The Morgan fingerprint density at radius 3 is 2.50 bits per heavy atom. The fourth-order valence-corrected chi connectivity index (χ4v) is 5.79. The molecule has 1 unspecified atom stereocenters. The minimum Gasteiger partial charge on any atom is -0.494 e. The van der Waals surface area contributed by atoms with E-state index in [2.05, 4.69) is 54.5 Å². The molecule has 5 rings (SSSR count). The first-order valence-electron chi connectivity index (χ1n) is 14.0. The van der Waals surface area contributed by atoms with Gasteiger partial charge in [-0.25, -0.2) is 9.19 Å². The van der Waals surface area contributed by atoms with E-state index < -0.39 is 11.3 Å². The summed E-state index contributed by atoms with van der Waals surface area (Å²) in [4.78, 5) is 16.3. The Bertz CT molecular complexity index is 1450. The van der Waals surface area contributed by atoms with E-state index in [-0.39, 0.29) is 17.3 Å². The van der Waals surface area contributed by atoms with E-state index >= 15 is 0 Å². The second-order valence-corrected chi connectivity index (χ2v) is 11.5. The maximum atomic E-state index is 11.7. The van der Waals surface area contributed by atoms with Crippen molar-refractivity contribution in [2.45, 2.75) is 18.9 Å². The molecule has 12 nitrogen and oxygen atoms in total. The number of hydrogen-bond acceptors (Lipinski definition) is 10. The first-order chi connectivity index (χ1) is 20.4. The Labute approximate surface area is 249 Å². The number of likely N-dealkylation sites (N-methyl/N-ethyl adjacent to an activating group) is 1. The molecule has 0 saturated carbocycles. The lowest BCUT2D eigenvalue weighted by Gasteiger charge is -2.42. The van der Waals surface area contributed by atoms with E-state index in [1.165, 1.54) is 17.5 Å². The second kappa shape index (κ2) is 13.3. The third kappa shape index (κ3) is 6.74. The van der Waals surface area contributed by atoms with Gasteiger partial charge in [-0.2, -0.15) is 10.2 Å². The molecule has 2 aromatic carbocycles. The largest absolute Gasteiger partial charge is 0.494 e. The summed E-state index contributed by atoms with van der Waals surface area (Å²) < 4.78 is 28.2. The Kier molecular flexibility index (Phi) is 9.38. The fraction of sp³-hybridized carbons (Fsp3) is 0.414. The summed E-state index contributed by atoms with van der Waals surface area (Å²) in [6, 6.07) is 15.8. The highest BCUT2D eigenvalue weighted by molar-refractivity contribution is 7.80. The van der Waals surface area contributed by atoms with E-state index in [0.29, 0.717) is 28.9 Å². The lowest BCUT2D eigenvalue weighted by atomic mass is 10.0. The Morgan fingerprint density at radius 2 is 1.81 bits per heavy atom. The summed E-state index contributed by atoms with van der Waals surface area (Å²) in [6.45, 7) is 6.59. The minimum absolute atomic E-state index is 0.227. The normalized spacial score (nSPS) is 17.4. The second-order valence-electron chi connectivity index (χ2n) is 10.5. The Hall–Kier alpha value is -3.96. The van der Waals surface area contributed by atoms with Crippen molar-refractivity contribution in [2.75, 3.05) is 80.3 Å². The molecule has 0 radical (unpaired) electrons. The number of piperidine rings is 1. The lowest BCUT2D eigenvalue weighted by molar-refractivity contribution is 0.0982. The smallest absolute Gasteiger partial charge is 0.261 e. The van der Waals surface area contributed by atoms with Crippen molar-refractivity contribution in [3.8, 4) is 11.8 Å². The zero-order valence-electron chi connectivity index (χ0n) is 24.2. The number of piperazine rings is 1. The number of rotatable bonds is 9. The van der Waals surface area contributed by atoms with Crippen molar-refractivity contribution in [1.29, 1.82) is 5.26 Å². The first-order valence-corrected chi connectivity index (χ1v) is 15.0. The van der Waals surface area contributed by atoms with Crippen LogP contribution in [-0.4, -0.2) is 95.0 Å². The molecule has 2 fully saturated rings. The number of nitrogens with one attached hydrogen (secondary N) is 2. The number of nitrogens with zero attached hydrogens (tertiary/aromatic N) is 7. The molecule has 0 spiro atoms. The molecule has 222 valence electrons. The van der Waals surface area contributed by atoms with Crippen LogP contribution in [0, 0.1) is 11.3 Å². The van der Waals surface area contributed by atoms with Crippen LogP contribution in [0.1, 0.15) is 18.4 Å². The van der Waals surface area contributed by atoms with Crippen LogP contribution in [0.5, 0.6) is 5.75 Å². The topological polar surface area (TPSA) is 133 Å². The number of nitriles is 1. The first kappa shape index (κ1) is 29.5. The summed E-state index contributed by atoms with van der Waals surface area (Å²) in [7, 11) is 5.33. The summed E-state index contributed by atoms with van der Waals surface area (Å²) >= 11 is -2.22. The van der Waals surface area contributed by atoms with Gasteiger partial charge in [-0.3, -0.25) is 13.8 Å². The predicted molar refractivity (Wildman–Crippen MR) is 166 cm³/mol. The molecule has 13 heteroatoms. The molecule has 2 aliphatic heterocycles. The highest BCUT2D eigenvalue weighted by Crippen LogP contribution is 2.34. The standard InChI is InChI=1S/C29H37N9O3S/c1-35-14-16-38(17-15-35)22-10-12-37(13-11-22)23-8-9-25(27(18-23)41-3)33-29-31-20-21(19-30)28(34-29)32-24-6-4-5-7-26(24)36(2)42(39)40/h4-9,18,20,22H,10-17H2,1-3H3,(H,39,40)(H2,31,32,33,34). The maximum absolute atomic E-state index is 11.7. The van der Waals surface area contributed by atoms with Crippen LogP contribution in [0.15, 0.2) is 48.7 Å². The quantitative estimate of drug-likeness (QED) is 0.315. The van der Waals surface area contributed by atoms with Gasteiger partial charge in [-0.15, -0.1) is 0 Å². The summed E-state index contributed by atoms with van der Waals surface area (Å²) in [5.41, 5.74) is 3.02. The summed E-state index contributed by atoms with van der Waals surface area (Å²) in [6.07, 6.45) is 3.72. The van der Waals surface area contributed by atoms with Crippen LogP contribution in [0.4, 0.5) is 34.5 Å². The molecule has 3 heterocycles. The van der Waals surface area contributed by atoms with Crippen LogP contribution < -0.4 is 24.6 Å².